The van der Waals surface area contributed by atoms with Crippen molar-refractivity contribution in [3.63, 3.8) is 0 Å². The zero-order valence-electron chi connectivity index (χ0n) is 11.2. The number of carboxylic acids is 1. The molecule has 0 bridgehead atoms. The average molecular weight is 304 g/mol. The number of carbonyl (C=O) groups is 1. The summed E-state index contributed by atoms with van der Waals surface area (Å²) < 4.78 is 13.5. The lowest BCUT2D eigenvalue weighted by Gasteiger charge is -2.16. The molecule has 6 heteroatoms. The van der Waals surface area contributed by atoms with Crippen LogP contribution in [0.15, 0.2) is 18.2 Å². The van der Waals surface area contributed by atoms with Crippen LogP contribution in [0.1, 0.15) is 28.5 Å². The molecule has 108 valence electrons. The molecule has 1 N–H and O–H groups in total. The third kappa shape index (κ3) is 1.93. The van der Waals surface area contributed by atoms with Crippen LogP contribution in [-0.4, -0.2) is 22.6 Å². The van der Waals surface area contributed by atoms with Crippen molar-refractivity contribution in [1.82, 2.24) is 4.98 Å². The first kappa shape index (κ1) is 12.8. The predicted molar refractivity (Wildman–Crippen MR) is 77.9 cm³/mol. The highest BCUT2D eigenvalue weighted by molar-refractivity contribution is 7.15. The van der Waals surface area contributed by atoms with Crippen molar-refractivity contribution in [3.05, 3.63) is 40.2 Å². The van der Waals surface area contributed by atoms with Gasteiger partial charge in [-0.1, -0.05) is 6.07 Å². The second kappa shape index (κ2) is 4.53. The highest BCUT2D eigenvalue weighted by Crippen LogP contribution is 2.43. The van der Waals surface area contributed by atoms with Gasteiger partial charge >= 0.3 is 5.97 Å². The van der Waals surface area contributed by atoms with Crippen LogP contribution in [0.5, 0.6) is 0 Å². The molecule has 0 radical (unpaired) electrons. The van der Waals surface area contributed by atoms with Gasteiger partial charge in [0.1, 0.15) is 11.7 Å². The number of fused-ring (bicyclic) bond motifs is 2. The molecule has 0 saturated heterocycles. The zero-order valence-corrected chi connectivity index (χ0v) is 12.0. The maximum atomic E-state index is 13.5. The molecule has 1 atom stereocenters. The number of halogens is 1. The summed E-state index contributed by atoms with van der Waals surface area (Å²) in [6, 6.07) is 4.82. The summed E-state index contributed by atoms with van der Waals surface area (Å²) in [5, 5.41) is 10.0. The van der Waals surface area contributed by atoms with Crippen LogP contribution >= 0.6 is 11.3 Å². The van der Waals surface area contributed by atoms with E-state index < -0.39 is 11.9 Å². The van der Waals surface area contributed by atoms with Gasteiger partial charge in [-0.05, 0) is 37.0 Å². The van der Waals surface area contributed by atoms with E-state index in [0.29, 0.717) is 12.1 Å². The van der Waals surface area contributed by atoms with Crippen molar-refractivity contribution in [2.24, 2.45) is 0 Å². The minimum Gasteiger partial charge on any atom is -0.481 e. The Morgan fingerprint density at radius 1 is 1.43 bits per heavy atom. The normalized spacial score (nSPS) is 19.7. The van der Waals surface area contributed by atoms with Gasteiger partial charge in [0.15, 0.2) is 5.13 Å². The molecule has 4 nitrogen and oxygen atoms in total. The Morgan fingerprint density at radius 2 is 2.29 bits per heavy atom. The molecular formula is C15H13FN2O2S. The molecule has 0 saturated carbocycles. The number of nitrogens with zero attached hydrogens (tertiary/aromatic N) is 2. The summed E-state index contributed by atoms with van der Waals surface area (Å²) in [5.41, 5.74) is 2.67. The topological polar surface area (TPSA) is 53.4 Å². The van der Waals surface area contributed by atoms with Gasteiger partial charge in [0.2, 0.25) is 0 Å². The van der Waals surface area contributed by atoms with Crippen molar-refractivity contribution in [1.29, 1.82) is 0 Å². The fourth-order valence-corrected chi connectivity index (χ4v) is 4.30. The number of benzene rings is 1. The van der Waals surface area contributed by atoms with Crippen molar-refractivity contribution >= 4 is 28.1 Å². The number of aromatic nitrogens is 1. The molecule has 1 aromatic heterocycles. The third-order valence-corrected chi connectivity index (χ3v) is 5.33. The van der Waals surface area contributed by atoms with Crippen LogP contribution < -0.4 is 4.90 Å². The summed E-state index contributed by atoms with van der Waals surface area (Å²) in [4.78, 5) is 18.8. The third-order valence-electron chi connectivity index (χ3n) is 4.18. The van der Waals surface area contributed by atoms with Gasteiger partial charge in [-0.2, -0.15) is 0 Å². The largest absolute Gasteiger partial charge is 0.481 e. The zero-order chi connectivity index (χ0) is 14.6. The molecule has 21 heavy (non-hydrogen) atoms. The Bertz CT molecular complexity index is 743. The number of hydrogen-bond donors (Lipinski definition) is 1. The van der Waals surface area contributed by atoms with Crippen LogP contribution in [0.2, 0.25) is 0 Å². The number of rotatable bonds is 2. The molecule has 1 aliphatic heterocycles. The minimum atomic E-state index is -0.807. The lowest BCUT2D eigenvalue weighted by molar-refractivity contribution is -0.138. The second-order valence-corrected chi connectivity index (χ2v) is 6.47. The van der Waals surface area contributed by atoms with Crippen molar-refractivity contribution in [2.45, 2.75) is 25.2 Å². The molecule has 0 spiro atoms. The lowest BCUT2D eigenvalue weighted by atomic mass is 10.1. The number of hydrogen-bond acceptors (Lipinski definition) is 4. The molecule has 0 fully saturated rings. The van der Waals surface area contributed by atoms with Gasteiger partial charge < -0.3 is 10.0 Å². The number of thiazole rings is 1. The van der Waals surface area contributed by atoms with Gasteiger partial charge in [-0.3, -0.25) is 4.79 Å². The highest BCUT2D eigenvalue weighted by atomic mass is 32.1. The minimum absolute atomic E-state index is 0.256. The van der Waals surface area contributed by atoms with Crippen LogP contribution in [0.3, 0.4) is 0 Å². The summed E-state index contributed by atoms with van der Waals surface area (Å²) in [6.07, 6.45) is 2.27. The monoisotopic (exact) mass is 304 g/mol. The molecule has 4 rings (SSSR count). The molecule has 2 aromatic rings. The Labute approximate surface area is 124 Å². The highest BCUT2D eigenvalue weighted by Gasteiger charge is 2.34. The predicted octanol–water partition coefficient (Wildman–Crippen LogP) is 3.09. The Morgan fingerprint density at radius 3 is 3.10 bits per heavy atom. The van der Waals surface area contributed by atoms with Crippen LogP contribution in [0.25, 0.3) is 0 Å². The van der Waals surface area contributed by atoms with Crippen molar-refractivity contribution < 1.29 is 14.3 Å². The van der Waals surface area contributed by atoms with E-state index in [0.717, 1.165) is 40.6 Å². The van der Waals surface area contributed by atoms with Crippen molar-refractivity contribution in [3.8, 4) is 0 Å². The first-order chi connectivity index (χ1) is 10.1. The molecular weight excluding hydrogens is 291 g/mol. The van der Waals surface area contributed by atoms with E-state index in [-0.39, 0.29) is 5.82 Å². The molecule has 2 heterocycles. The Kier molecular flexibility index (Phi) is 2.75. The summed E-state index contributed by atoms with van der Waals surface area (Å²) >= 11 is 1.54. The van der Waals surface area contributed by atoms with Crippen LogP contribution in [0.4, 0.5) is 15.2 Å². The number of aryl methyl sites for hydroxylation is 1. The first-order valence-corrected chi connectivity index (χ1v) is 7.73. The Hall–Kier alpha value is -1.95. The van der Waals surface area contributed by atoms with E-state index in [9.17, 15) is 14.3 Å². The van der Waals surface area contributed by atoms with E-state index in [1.54, 1.807) is 0 Å². The van der Waals surface area contributed by atoms with Gasteiger partial charge in [0, 0.05) is 17.1 Å². The summed E-state index contributed by atoms with van der Waals surface area (Å²) in [6.45, 7) is 0.767. The molecule has 1 aromatic carbocycles. The summed E-state index contributed by atoms with van der Waals surface area (Å²) in [7, 11) is 0. The summed E-state index contributed by atoms with van der Waals surface area (Å²) in [5.74, 6) is -1.55. The lowest BCUT2D eigenvalue weighted by Crippen LogP contribution is -2.14. The Balaban J connectivity index is 1.73. The van der Waals surface area contributed by atoms with Gasteiger partial charge in [0.05, 0.1) is 5.69 Å². The quantitative estimate of drug-likeness (QED) is 0.926. The average Bonchev–Trinajstić information content (AvgIpc) is 3.08. The van der Waals surface area contributed by atoms with E-state index in [4.69, 9.17) is 0 Å². The second-order valence-electron chi connectivity index (χ2n) is 5.41. The molecule has 0 amide bonds. The van der Waals surface area contributed by atoms with Crippen molar-refractivity contribution in [2.75, 3.05) is 11.4 Å². The van der Waals surface area contributed by atoms with E-state index >= 15 is 0 Å². The standard InChI is InChI=1S/C15H13FN2O2S/c16-9-2-1-8-5-6-18(11(8)7-9)15-17-13-10(14(19)20)3-4-12(13)21-15/h1-2,7,10H,3-6H2,(H,19,20). The first-order valence-electron chi connectivity index (χ1n) is 6.92. The molecule has 1 aliphatic carbocycles. The maximum absolute atomic E-state index is 13.5. The van der Waals surface area contributed by atoms with E-state index in [2.05, 4.69) is 4.98 Å². The van der Waals surface area contributed by atoms with Gasteiger partial charge in [0.25, 0.3) is 0 Å². The van der Waals surface area contributed by atoms with Crippen LogP contribution in [0, 0.1) is 5.82 Å². The van der Waals surface area contributed by atoms with E-state index in [1.807, 2.05) is 11.0 Å². The maximum Gasteiger partial charge on any atom is 0.312 e. The number of aliphatic carboxylic acids is 1. The van der Waals surface area contributed by atoms with E-state index in [1.165, 1.54) is 23.5 Å². The fourth-order valence-electron chi connectivity index (χ4n) is 3.12. The van der Waals surface area contributed by atoms with Gasteiger partial charge in [-0.25, -0.2) is 9.37 Å². The fraction of sp³-hybridized carbons (Fsp3) is 0.333. The SMILES string of the molecule is O=C(O)C1CCc2sc(N3CCc4ccc(F)cc43)nc21. The number of anilines is 2. The molecule has 2 aliphatic rings. The van der Waals surface area contributed by atoms with Crippen LogP contribution in [-0.2, 0) is 17.6 Å². The smallest absolute Gasteiger partial charge is 0.312 e. The van der Waals surface area contributed by atoms with Gasteiger partial charge in [-0.15, -0.1) is 11.3 Å². The number of carboxylic acid groups (broad SMARTS) is 1. The molecule has 1 unspecified atom stereocenters.